The van der Waals surface area contributed by atoms with Gasteiger partial charge >= 0.3 is 11.9 Å². The van der Waals surface area contributed by atoms with Gasteiger partial charge in [0.15, 0.2) is 0 Å². The maximum Gasteiger partial charge on any atom is 0.341 e. The van der Waals surface area contributed by atoms with Crippen molar-refractivity contribution in [1.82, 2.24) is 29.3 Å². The van der Waals surface area contributed by atoms with E-state index in [0.717, 1.165) is 58.2 Å². The van der Waals surface area contributed by atoms with Crippen molar-refractivity contribution < 1.29 is 28.6 Å². The number of piperazine rings is 2. The van der Waals surface area contributed by atoms with Gasteiger partial charge in [-0.3, -0.25) is 24.1 Å². The zero-order valence-corrected chi connectivity index (χ0v) is 40.5. The summed E-state index contributed by atoms with van der Waals surface area (Å²) in [7, 11) is 0. The third-order valence-electron chi connectivity index (χ3n) is 12.8. The second-order valence-electron chi connectivity index (χ2n) is 17.1. The van der Waals surface area contributed by atoms with Crippen molar-refractivity contribution in [2.75, 3.05) is 62.2 Å². The second-order valence-corrected chi connectivity index (χ2v) is 17.7. The Labute approximate surface area is 412 Å². The Bertz CT molecular complexity index is 3580. The number of aryl methyl sites for hydroxylation is 2. The Morgan fingerprint density at radius 1 is 0.592 bits per heavy atom. The third-order valence-corrected chi connectivity index (χ3v) is 13.4. The number of carbonyl (C=O) groups is 2. The van der Waals surface area contributed by atoms with Crippen molar-refractivity contribution in [3.05, 3.63) is 172 Å². The van der Waals surface area contributed by atoms with Crippen LogP contribution in [0.4, 0.5) is 20.2 Å². The summed E-state index contributed by atoms with van der Waals surface area (Å²) in [5.74, 6) is -3.67. The molecule has 2 saturated heterocycles. The number of nitrogens with one attached hydrogen (secondary N) is 3. The van der Waals surface area contributed by atoms with Gasteiger partial charge in [-0.15, -0.1) is 0 Å². The van der Waals surface area contributed by atoms with Gasteiger partial charge in [-0.25, -0.2) is 18.4 Å². The van der Waals surface area contributed by atoms with Crippen LogP contribution in [-0.4, -0.2) is 98.5 Å². The Morgan fingerprint density at radius 3 is 1.48 bits per heavy atom. The van der Waals surface area contributed by atoms with E-state index in [1.54, 1.807) is 33.4 Å². The van der Waals surface area contributed by atoms with E-state index in [1.165, 1.54) is 12.4 Å². The molecule has 0 spiro atoms. The maximum absolute atomic E-state index is 15.1. The molecule has 5 N–H and O–H groups in total. The molecule has 0 radical (unpaired) electrons. The van der Waals surface area contributed by atoms with Gasteiger partial charge < -0.3 is 44.4 Å². The van der Waals surface area contributed by atoms with E-state index in [1.807, 2.05) is 72.2 Å². The van der Waals surface area contributed by atoms with Crippen LogP contribution < -0.4 is 37.1 Å². The van der Waals surface area contributed by atoms with E-state index >= 15 is 4.39 Å². The Balaban J connectivity index is 0.000000160. The third kappa shape index (κ3) is 10.7. The number of H-pyrrole nitrogens is 2. The van der Waals surface area contributed by atoms with Gasteiger partial charge in [0.25, 0.3) is 0 Å². The van der Waals surface area contributed by atoms with Crippen LogP contribution >= 0.6 is 15.9 Å². The van der Waals surface area contributed by atoms with Crippen LogP contribution in [-0.2, 0) is 25.0 Å². The summed E-state index contributed by atoms with van der Waals surface area (Å²) < 4.78 is 33.0. The predicted octanol–water partition coefficient (Wildman–Crippen LogP) is 6.71. The first-order chi connectivity index (χ1) is 34.2. The molecule has 4 aromatic carbocycles. The average Bonchev–Trinajstić information content (AvgIpc) is 3.37. The number of carboxylic acids is 2. The lowest BCUT2D eigenvalue weighted by atomic mass is 10.1. The molecule has 2 aliphatic heterocycles. The smallest absolute Gasteiger partial charge is 0.341 e. The number of hydrogen-bond acceptors (Lipinski definition) is 10. The normalized spacial score (nSPS) is 14.0. The minimum Gasteiger partial charge on any atom is -0.477 e. The largest absolute Gasteiger partial charge is 0.477 e. The topological polar surface area (TPSA) is 206 Å². The summed E-state index contributed by atoms with van der Waals surface area (Å²) in [6.45, 7) is 10.7. The molecule has 0 saturated carbocycles. The molecule has 0 aliphatic carbocycles. The van der Waals surface area contributed by atoms with E-state index in [4.69, 9.17) is 5.11 Å². The predicted molar refractivity (Wildman–Crippen MR) is 276 cm³/mol. The van der Waals surface area contributed by atoms with Crippen molar-refractivity contribution in [2.45, 2.75) is 38.8 Å². The number of anilines is 2. The molecule has 16 nitrogen and oxygen atoms in total. The average molecular weight is 1030 g/mol. The number of para-hydroxylation sites is 2. The highest BCUT2D eigenvalue weighted by atomic mass is 79.9. The van der Waals surface area contributed by atoms with Gasteiger partial charge in [0.2, 0.25) is 22.0 Å². The molecule has 6 heterocycles. The highest BCUT2D eigenvalue weighted by molar-refractivity contribution is 9.08. The van der Waals surface area contributed by atoms with E-state index in [9.17, 15) is 38.3 Å². The number of aromatic nitrogens is 4. The minimum absolute atomic E-state index is 0.0480. The fourth-order valence-electron chi connectivity index (χ4n) is 9.20. The van der Waals surface area contributed by atoms with Crippen LogP contribution in [0.5, 0.6) is 0 Å². The number of carboxylic acid groups (broad SMARTS) is 2. The first-order valence-electron chi connectivity index (χ1n) is 23.1. The lowest BCUT2D eigenvalue weighted by Gasteiger charge is -2.36. The van der Waals surface area contributed by atoms with Crippen molar-refractivity contribution in [1.29, 1.82) is 0 Å². The van der Waals surface area contributed by atoms with Gasteiger partial charge in [-0.1, -0.05) is 52.3 Å². The number of benzene rings is 4. The molecule has 2 aliphatic rings. The van der Waals surface area contributed by atoms with Crippen molar-refractivity contribution in [3.63, 3.8) is 0 Å². The fourth-order valence-corrected chi connectivity index (χ4v) is 9.66. The molecule has 71 heavy (non-hydrogen) atoms. The summed E-state index contributed by atoms with van der Waals surface area (Å²) in [6, 6.07) is 24.3. The van der Waals surface area contributed by atoms with Gasteiger partial charge in [-0.05, 0) is 61.4 Å². The second kappa shape index (κ2) is 21.7. The molecule has 4 aromatic heterocycles. The van der Waals surface area contributed by atoms with Crippen LogP contribution in [0.2, 0.25) is 0 Å². The number of pyridine rings is 4. The molecule has 19 heteroatoms. The lowest BCUT2D eigenvalue weighted by Crippen LogP contribution is -2.46. The van der Waals surface area contributed by atoms with Crippen LogP contribution in [0.25, 0.3) is 43.6 Å². The number of aromatic amines is 2. The number of hydrogen-bond donors (Lipinski definition) is 5. The van der Waals surface area contributed by atoms with Crippen LogP contribution in [0, 0.1) is 11.6 Å². The summed E-state index contributed by atoms with van der Waals surface area (Å²) in [5.41, 5.74) is 3.36. The fraction of sp³-hybridized carbons (Fsp3) is 0.269. The molecule has 368 valence electrons. The van der Waals surface area contributed by atoms with Crippen LogP contribution in [0.15, 0.2) is 117 Å². The Morgan fingerprint density at radius 2 is 1.03 bits per heavy atom. The van der Waals surface area contributed by atoms with Gasteiger partial charge in [0.05, 0.1) is 22.4 Å². The molecule has 0 bridgehead atoms. The van der Waals surface area contributed by atoms with Gasteiger partial charge in [0, 0.05) is 134 Å². The number of fused-ring (bicyclic) bond motifs is 4. The number of halogens is 3. The Hall–Kier alpha value is -7.48. The molecule has 0 unspecified atom stereocenters. The zero-order chi connectivity index (χ0) is 50.5. The zero-order valence-electron chi connectivity index (χ0n) is 38.9. The number of nitrogens with zero attached hydrogens (tertiary/aromatic N) is 5. The molecule has 10 rings (SSSR count). The number of aromatic carboxylic acids is 2. The Kier molecular flexibility index (Phi) is 15.2. The summed E-state index contributed by atoms with van der Waals surface area (Å²) in [4.78, 5) is 82.6. The monoisotopic (exact) mass is 1030 g/mol. The number of rotatable bonds is 9. The standard InChI is InChI=1S/C26H25FN4O4.C16H18FN3O3.C10H8BrNO/c1-2-30-15-19(26(34)35)25(33)18-12-20(27)23(13-22(18)30)31-9-7-29(8-10-31)14-16-11-24(32)28-21-6-4-3-5-17(16)21;1-2-19-9-11(16(22)23)15(21)10-7-12(17)14(8-13(10)19)20-5-3-18-4-6-20;11-6-7-5-10(13)12-9-4-2-1-3-8(7)9/h3-6,11-13,15H,2,7-10,14H2,1H3,(H,28,32)(H,34,35);7-9,18H,2-6H2,1H3,(H,22,23);1-5H,6H2,(H,12,13). The summed E-state index contributed by atoms with van der Waals surface area (Å²) >= 11 is 3.36. The number of alkyl halides is 1. The molecule has 0 amide bonds. The molecular weight excluding hydrogens is 983 g/mol. The van der Waals surface area contributed by atoms with Crippen molar-refractivity contribution >= 4 is 82.9 Å². The highest BCUT2D eigenvalue weighted by Crippen LogP contribution is 2.28. The van der Waals surface area contributed by atoms with E-state index in [2.05, 4.69) is 36.1 Å². The lowest BCUT2D eigenvalue weighted by molar-refractivity contribution is 0.0684. The van der Waals surface area contributed by atoms with Gasteiger partial charge in [-0.2, -0.15) is 0 Å². The molecule has 8 aromatic rings. The van der Waals surface area contributed by atoms with Gasteiger partial charge in [0.1, 0.15) is 22.8 Å². The summed E-state index contributed by atoms with van der Waals surface area (Å²) in [6.07, 6.45) is 2.64. The quantitative estimate of drug-likeness (QED) is 0.0957. The molecule has 2 fully saturated rings. The maximum atomic E-state index is 15.1. The molecule has 0 atom stereocenters. The molecular formula is C52H51BrF2N8O8. The van der Waals surface area contributed by atoms with Crippen molar-refractivity contribution in [2.24, 2.45) is 0 Å². The SMILES string of the molecule is CCn1cc(C(=O)O)c(=O)c2cc(F)c(N3CCN(Cc4cc(=O)[nH]c5ccccc45)CC3)cc21.CCn1cc(C(=O)O)c(=O)c2cc(F)c(N3CCNCC3)cc21.O=c1cc(CBr)c2ccccc2[nH]1. The van der Waals surface area contributed by atoms with E-state index < -0.39 is 34.4 Å². The summed E-state index contributed by atoms with van der Waals surface area (Å²) in [5, 5.41) is 24.7. The first-order valence-corrected chi connectivity index (χ1v) is 24.2. The van der Waals surface area contributed by atoms with Crippen LogP contribution in [0.1, 0.15) is 45.7 Å². The van der Waals surface area contributed by atoms with Crippen LogP contribution in [0.3, 0.4) is 0 Å². The van der Waals surface area contributed by atoms with E-state index in [-0.39, 0.29) is 33.0 Å². The minimum atomic E-state index is -1.33. The van der Waals surface area contributed by atoms with Crippen molar-refractivity contribution in [3.8, 4) is 0 Å². The highest BCUT2D eigenvalue weighted by Gasteiger charge is 2.24. The van der Waals surface area contributed by atoms with E-state index in [0.29, 0.717) is 86.6 Å². The first kappa shape index (κ1) is 49.9.